The van der Waals surface area contributed by atoms with Gasteiger partial charge >= 0.3 is 5.63 Å². The van der Waals surface area contributed by atoms with Crippen molar-refractivity contribution in [1.82, 2.24) is 0 Å². The van der Waals surface area contributed by atoms with Crippen LogP contribution in [-0.4, -0.2) is 18.5 Å². The summed E-state index contributed by atoms with van der Waals surface area (Å²) < 4.78 is 28.2. The fraction of sp³-hybridized carbons (Fsp3) is 0.211. The number of phenols is 1. The first-order chi connectivity index (χ1) is 13.1. The standard InChI is InChI=1S/C19H13BrO7/c20-12-4-10-11(5-18(22)26-15(10)6-13(12)21)17-7-23-19(27-17)9-1-2-14-16(3-9)25-8-24-14/h1-6,17,19,21H,7-8H2. The quantitative estimate of drug-likeness (QED) is 0.616. The van der Waals surface area contributed by atoms with E-state index in [1.165, 1.54) is 12.1 Å². The van der Waals surface area contributed by atoms with Gasteiger partial charge in [-0.05, 0) is 40.2 Å². The molecule has 0 radical (unpaired) electrons. The smallest absolute Gasteiger partial charge is 0.336 e. The molecule has 0 saturated carbocycles. The molecule has 3 aromatic rings. The van der Waals surface area contributed by atoms with Gasteiger partial charge in [0.15, 0.2) is 17.8 Å². The number of benzene rings is 2. The van der Waals surface area contributed by atoms with Crippen molar-refractivity contribution in [2.45, 2.75) is 12.4 Å². The Morgan fingerprint density at radius 3 is 2.81 bits per heavy atom. The minimum atomic E-state index is -0.590. The van der Waals surface area contributed by atoms with Gasteiger partial charge in [0.05, 0.1) is 11.1 Å². The average Bonchev–Trinajstić information content (AvgIpc) is 3.31. The molecule has 2 aliphatic rings. The van der Waals surface area contributed by atoms with Gasteiger partial charge < -0.3 is 28.5 Å². The summed E-state index contributed by atoms with van der Waals surface area (Å²) in [7, 11) is 0. The van der Waals surface area contributed by atoms with Crippen molar-refractivity contribution in [3.8, 4) is 17.2 Å². The van der Waals surface area contributed by atoms with Crippen molar-refractivity contribution in [2.24, 2.45) is 0 Å². The van der Waals surface area contributed by atoms with Crippen molar-refractivity contribution in [3.05, 3.63) is 62.4 Å². The summed E-state index contributed by atoms with van der Waals surface area (Å²) in [5.74, 6) is 1.32. The summed E-state index contributed by atoms with van der Waals surface area (Å²) in [6.07, 6.45) is -1.05. The van der Waals surface area contributed by atoms with E-state index < -0.39 is 18.0 Å². The lowest BCUT2D eigenvalue weighted by molar-refractivity contribution is -0.0606. The zero-order valence-corrected chi connectivity index (χ0v) is 15.4. The van der Waals surface area contributed by atoms with Gasteiger partial charge in [0.2, 0.25) is 6.79 Å². The van der Waals surface area contributed by atoms with Crippen LogP contribution in [0.2, 0.25) is 0 Å². The molecule has 2 atom stereocenters. The monoisotopic (exact) mass is 432 g/mol. The van der Waals surface area contributed by atoms with Gasteiger partial charge in [0, 0.05) is 28.6 Å². The predicted molar refractivity (Wildman–Crippen MR) is 96.9 cm³/mol. The van der Waals surface area contributed by atoms with E-state index in [0.29, 0.717) is 26.9 Å². The number of aromatic hydroxyl groups is 1. The Labute approximate surface area is 161 Å². The average molecular weight is 433 g/mol. The second-order valence-electron chi connectivity index (χ2n) is 6.22. The topological polar surface area (TPSA) is 87.4 Å². The minimum Gasteiger partial charge on any atom is -0.507 e. The molecule has 1 saturated heterocycles. The lowest BCUT2D eigenvalue weighted by Crippen LogP contribution is -2.07. The normalized spacial score (nSPS) is 21.1. The second kappa shape index (κ2) is 6.26. The maximum atomic E-state index is 11.9. The molecule has 138 valence electrons. The van der Waals surface area contributed by atoms with Crippen molar-refractivity contribution < 1.29 is 28.5 Å². The molecule has 2 aromatic carbocycles. The first kappa shape index (κ1) is 16.6. The molecular weight excluding hydrogens is 420 g/mol. The molecule has 0 amide bonds. The molecule has 2 unspecified atom stereocenters. The molecule has 1 aromatic heterocycles. The van der Waals surface area contributed by atoms with E-state index >= 15 is 0 Å². The third-order valence-electron chi connectivity index (χ3n) is 4.55. The van der Waals surface area contributed by atoms with E-state index in [-0.39, 0.29) is 24.7 Å². The molecule has 27 heavy (non-hydrogen) atoms. The van der Waals surface area contributed by atoms with Crippen LogP contribution in [0.4, 0.5) is 0 Å². The number of fused-ring (bicyclic) bond motifs is 2. The minimum absolute atomic E-state index is 0.00960. The highest BCUT2D eigenvalue weighted by Crippen LogP contribution is 2.41. The van der Waals surface area contributed by atoms with Crippen LogP contribution in [0.25, 0.3) is 11.0 Å². The molecular formula is C19H13BrO7. The lowest BCUT2D eigenvalue weighted by atomic mass is 10.1. The van der Waals surface area contributed by atoms with Crippen LogP contribution in [-0.2, 0) is 9.47 Å². The third kappa shape index (κ3) is 2.86. The Hall–Kier alpha value is -2.55. The number of hydrogen-bond donors (Lipinski definition) is 1. The zero-order chi connectivity index (χ0) is 18.5. The summed E-state index contributed by atoms with van der Waals surface area (Å²) in [4.78, 5) is 11.9. The van der Waals surface area contributed by atoms with Crippen LogP contribution in [0, 0.1) is 0 Å². The van der Waals surface area contributed by atoms with E-state index in [9.17, 15) is 9.90 Å². The van der Waals surface area contributed by atoms with Crippen LogP contribution < -0.4 is 15.1 Å². The van der Waals surface area contributed by atoms with E-state index in [1.54, 1.807) is 6.07 Å². The van der Waals surface area contributed by atoms with Crippen molar-refractivity contribution in [3.63, 3.8) is 0 Å². The van der Waals surface area contributed by atoms with Gasteiger partial charge in [-0.15, -0.1) is 0 Å². The SMILES string of the molecule is O=c1cc(C2COC(c3ccc4c(c3)OCO4)O2)c2cc(Br)c(O)cc2o1. The maximum Gasteiger partial charge on any atom is 0.336 e. The van der Waals surface area contributed by atoms with Crippen LogP contribution in [0.5, 0.6) is 17.2 Å². The Morgan fingerprint density at radius 2 is 1.93 bits per heavy atom. The van der Waals surface area contributed by atoms with Gasteiger partial charge in [-0.25, -0.2) is 4.79 Å². The first-order valence-electron chi connectivity index (χ1n) is 8.21. The summed E-state index contributed by atoms with van der Waals surface area (Å²) in [6.45, 7) is 0.470. The van der Waals surface area contributed by atoms with Crippen LogP contribution in [0.15, 0.2) is 50.1 Å². The van der Waals surface area contributed by atoms with E-state index in [1.807, 2.05) is 18.2 Å². The number of rotatable bonds is 2. The Morgan fingerprint density at radius 1 is 1.07 bits per heavy atom. The third-order valence-corrected chi connectivity index (χ3v) is 5.18. The molecule has 7 nitrogen and oxygen atoms in total. The fourth-order valence-corrected chi connectivity index (χ4v) is 3.61. The van der Waals surface area contributed by atoms with Gasteiger partial charge in [0.1, 0.15) is 17.4 Å². The highest BCUT2D eigenvalue weighted by Gasteiger charge is 2.31. The second-order valence-corrected chi connectivity index (χ2v) is 7.08. The molecule has 3 heterocycles. The molecule has 0 spiro atoms. The molecule has 8 heteroatoms. The Bertz CT molecular complexity index is 1110. The summed E-state index contributed by atoms with van der Waals surface area (Å²) >= 11 is 3.29. The first-order valence-corrected chi connectivity index (χ1v) is 9.01. The maximum absolute atomic E-state index is 11.9. The van der Waals surface area contributed by atoms with E-state index in [2.05, 4.69) is 15.9 Å². The molecule has 1 N–H and O–H groups in total. The van der Waals surface area contributed by atoms with Gasteiger partial charge in [-0.1, -0.05) is 0 Å². The Kier molecular flexibility index (Phi) is 3.85. The number of phenolic OH excluding ortho intramolecular Hbond substituents is 1. The van der Waals surface area contributed by atoms with Crippen LogP contribution >= 0.6 is 15.9 Å². The summed E-state index contributed by atoms with van der Waals surface area (Å²) in [5, 5.41) is 10.5. The summed E-state index contributed by atoms with van der Waals surface area (Å²) in [5.41, 5.74) is 1.21. The molecule has 1 fully saturated rings. The van der Waals surface area contributed by atoms with E-state index in [4.69, 9.17) is 23.4 Å². The molecule has 0 bridgehead atoms. The lowest BCUT2D eigenvalue weighted by Gasteiger charge is -2.14. The van der Waals surface area contributed by atoms with Crippen molar-refractivity contribution >= 4 is 26.9 Å². The fourth-order valence-electron chi connectivity index (χ4n) is 3.26. The highest BCUT2D eigenvalue weighted by molar-refractivity contribution is 9.10. The number of halogens is 1. The number of ether oxygens (including phenoxy) is 4. The van der Waals surface area contributed by atoms with Crippen LogP contribution in [0.1, 0.15) is 23.5 Å². The van der Waals surface area contributed by atoms with Gasteiger partial charge in [-0.2, -0.15) is 0 Å². The Balaban J connectivity index is 1.50. The molecule has 2 aliphatic heterocycles. The van der Waals surface area contributed by atoms with E-state index in [0.717, 1.165) is 5.56 Å². The summed E-state index contributed by atoms with van der Waals surface area (Å²) in [6, 6.07) is 9.97. The molecule has 5 rings (SSSR count). The van der Waals surface area contributed by atoms with Gasteiger partial charge in [0.25, 0.3) is 0 Å². The zero-order valence-electron chi connectivity index (χ0n) is 13.8. The number of hydrogen-bond acceptors (Lipinski definition) is 7. The van der Waals surface area contributed by atoms with Crippen molar-refractivity contribution in [1.29, 1.82) is 0 Å². The highest BCUT2D eigenvalue weighted by atomic mass is 79.9. The largest absolute Gasteiger partial charge is 0.507 e. The van der Waals surface area contributed by atoms with Crippen molar-refractivity contribution in [2.75, 3.05) is 13.4 Å². The predicted octanol–water partition coefficient (Wildman–Crippen LogP) is 3.78. The van der Waals surface area contributed by atoms with Crippen LogP contribution in [0.3, 0.4) is 0 Å². The van der Waals surface area contributed by atoms with Gasteiger partial charge in [-0.3, -0.25) is 0 Å². The molecule has 0 aliphatic carbocycles.